The normalized spacial score (nSPS) is 15.1. The standard InChI is InChI=1S/C16H22N4OS/c1-16(2,3)13-7-12(20(4)19-13)14(21)17-8-11-9-22-15(18-11)10-5-6-10/h7,9-10H,5-6,8H2,1-4H3,(H,17,21). The zero-order chi connectivity index (χ0) is 15.9. The number of hydrogen-bond donors (Lipinski definition) is 1. The molecule has 0 saturated heterocycles. The molecule has 1 fully saturated rings. The second kappa shape index (κ2) is 5.50. The molecule has 1 amide bonds. The van der Waals surface area contributed by atoms with Crippen LogP contribution in [0.3, 0.4) is 0 Å². The van der Waals surface area contributed by atoms with Crippen LogP contribution in [-0.4, -0.2) is 20.7 Å². The average molecular weight is 318 g/mol. The van der Waals surface area contributed by atoms with Crippen LogP contribution in [0.25, 0.3) is 0 Å². The molecule has 118 valence electrons. The quantitative estimate of drug-likeness (QED) is 0.943. The number of aromatic nitrogens is 3. The summed E-state index contributed by atoms with van der Waals surface area (Å²) in [6.45, 7) is 6.74. The van der Waals surface area contributed by atoms with Crippen LogP contribution in [-0.2, 0) is 19.0 Å². The molecule has 1 saturated carbocycles. The Morgan fingerprint density at radius 3 is 2.77 bits per heavy atom. The summed E-state index contributed by atoms with van der Waals surface area (Å²) in [5.74, 6) is 0.562. The zero-order valence-electron chi connectivity index (χ0n) is 13.5. The number of nitrogens with one attached hydrogen (secondary N) is 1. The molecule has 1 aliphatic carbocycles. The van der Waals surface area contributed by atoms with Gasteiger partial charge in [0.05, 0.1) is 22.9 Å². The average Bonchev–Trinajstić information content (AvgIpc) is 3.04. The summed E-state index contributed by atoms with van der Waals surface area (Å²) in [4.78, 5) is 16.9. The van der Waals surface area contributed by atoms with Gasteiger partial charge in [0.2, 0.25) is 0 Å². The Bertz CT molecular complexity index is 691. The van der Waals surface area contributed by atoms with E-state index in [2.05, 4.69) is 36.2 Å². The highest BCUT2D eigenvalue weighted by molar-refractivity contribution is 7.09. The third kappa shape index (κ3) is 3.21. The van der Waals surface area contributed by atoms with Gasteiger partial charge in [0.1, 0.15) is 5.69 Å². The fourth-order valence-corrected chi connectivity index (χ4v) is 3.22. The van der Waals surface area contributed by atoms with E-state index in [4.69, 9.17) is 0 Å². The predicted molar refractivity (Wildman–Crippen MR) is 87.2 cm³/mol. The molecular formula is C16H22N4OS. The van der Waals surface area contributed by atoms with Crippen molar-refractivity contribution < 1.29 is 4.79 Å². The van der Waals surface area contributed by atoms with Crippen molar-refractivity contribution in [2.45, 2.75) is 51.5 Å². The van der Waals surface area contributed by atoms with Crippen molar-refractivity contribution in [1.82, 2.24) is 20.1 Å². The lowest BCUT2D eigenvalue weighted by atomic mass is 9.92. The molecule has 0 atom stereocenters. The highest BCUT2D eigenvalue weighted by Crippen LogP contribution is 2.41. The van der Waals surface area contributed by atoms with Crippen LogP contribution in [0.4, 0.5) is 0 Å². The van der Waals surface area contributed by atoms with Gasteiger partial charge >= 0.3 is 0 Å². The predicted octanol–water partition coefficient (Wildman–Crippen LogP) is 2.98. The van der Waals surface area contributed by atoms with Gasteiger partial charge in [0.15, 0.2) is 0 Å². The van der Waals surface area contributed by atoms with E-state index >= 15 is 0 Å². The van der Waals surface area contributed by atoms with Crippen LogP contribution in [0.1, 0.15) is 66.4 Å². The van der Waals surface area contributed by atoms with Crippen molar-refractivity contribution in [2.75, 3.05) is 0 Å². The van der Waals surface area contributed by atoms with Gasteiger partial charge in [-0.3, -0.25) is 9.48 Å². The molecular weight excluding hydrogens is 296 g/mol. The van der Waals surface area contributed by atoms with Gasteiger partial charge < -0.3 is 5.32 Å². The minimum Gasteiger partial charge on any atom is -0.345 e. The van der Waals surface area contributed by atoms with Crippen molar-refractivity contribution in [3.63, 3.8) is 0 Å². The van der Waals surface area contributed by atoms with Crippen molar-refractivity contribution in [2.24, 2.45) is 7.05 Å². The van der Waals surface area contributed by atoms with Crippen molar-refractivity contribution in [1.29, 1.82) is 0 Å². The molecule has 2 heterocycles. The Morgan fingerprint density at radius 2 is 2.18 bits per heavy atom. The maximum absolute atomic E-state index is 12.3. The highest BCUT2D eigenvalue weighted by Gasteiger charge is 2.26. The number of rotatable bonds is 4. The Hall–Kier alpha value is -1.69. The van der Waals surface area contributed by atoms with E-state index in [0.717, 1.165) is 11.4 Å². The van der Waals surface area contributed by atoms with Gasteiger partial charge in [-0.1, -0.05) is 20.8 Å². The van der Waals surface area contributed by atoms with E-state index in [1.165, 1.54) is 17.8 Å². The second-order valence-electron chi connectivity index (χ2n) is 6.92. The molecule has 5 nitrogen and oxygen atoms in total. The Labute approximate surface area is 134 Å². The minimum absolute atomic E-state index is 0.0651. The summed E-state index contributed by atoms with van der Waals surface area (Å²) < 4.78 is 1.65. The number of hydrogen-bond acceptors (Lipinski definition) is 4. The number of nitrogens with zero attached hydrogens (tertiary/aromatic N) is 3. The van der Waals surface area contributed by atoms with Gasteiger partial charge in [-0.05, 0) is 18.9 Å². The first-order valence-electron chi connectivity index (χ1n) is 7.61. The third-order valence-electron chi connectivity index (χ3n) is 3.81. The molecule has 6 heteroatoms. The Morgan fingerprint density at radius 1 is 1.45 bits per heavy atom. The van der Waals surface area contributed by atoms with Crippen LogP contribution in [0, 0.1) is 0 Å². The number of aryl methyl sites for hydroxylation is 1. The molecule has 0 aliphatic heterocycles. The number of amides is 1. The van der Waals surface area contributed by atoms with E-state index in [0.29, 0.717) is 18.2 Å². The molecule has 0 radical (unpaired) electrons. The van der Waals surface area contributed by atoms with Gasteiger partial charge in [-0.15, -0.1) is 11.3 Å². The first-order valence-corrected chi connectivity index (χ1v) is 8.49. The number of carbonyl (C=O) groups is 1. The molecule has 0 unspecified atom stereocenters. The van der Waals surface area contributed by atoms with Crippen LogP contribution < -0.4 is 5.32 Å². The molecule has 2 aromatic heterocycles. The van der Waals surface area contributed by atoms with E-state index in [1.54, 1.807) is 23.1 Å². The molecule has 3 rings (SSSR count). The van der Waals surface area contributed by atoms with Crippen molar-refractivity contribution in [3.05, 3.63) is 33.5 Å². The van der Waals surface area contributed by atoms with E-state index in [9.17, 15) is 4.79 Å². The SMILES string of the molecule is Cn1nc(C(C)(C)C)cc1C(=O)NCc1csc(C2CC2)n1. The lowest BCUT2D eigenvalue weighted by molar-refractivity contribution is 0.0941. The minimum atomic E-state index is -0.105. The summed E-state index contributed by atoms with van der Waals surface area (Å²) in [5.41, 5.74) is 2.38. The first kappa shape index (κ1) is 15.2. The van der Waals surface area contributed by atoms with Crippen LogP contribution in [0.2, 0.25) is 0 Å². The molecule has 0 aromatic carbocycles. The van der Waals surface area contributed by atoms with E-state index < -0.39 is 0 Å². The summed E-state index contributed by atoms with van der Waals surface area (Å²) in [6.07, 6.45) is 2.51. The van der Waals surface area contributed by atoms with Crippen LogP contribution in [0.5, 0.6) is 0 Å². The smallest absolute Gasteiger partial charge is 0.269 e. The summed E-state index contributed by atoms with van der Waals surface area (Å²) in [5, 5.41) is 10.6. The molecule has 22 heavy (non-hydrogen) atoms. The number of carbonyl (C=O) groups excluding carboxylic acids is 1. The molecule has 0 spiro atoms. The van der Waals surface area contributed by atoms with Crippen LogP contribution in [0.15, 0.2) is 11.4 Å². The molecule has 1 aliphatic rings. The maximum Gasteiger partial charge on any atom is 0.269 e. The van der Waals surface area contributed by atoms with Crippen LogP contribution >= 0.6 is 11.3 Å². The third-order valence-corrected chi connectivity index (χ3v) is 4.86. The largest absolute Gasteiger partial charge is 0.345 e. The van der Waals surface area contributed by atoms with Crippen molar-refractivity contribution >= 4 is 17.2 Å². The van der Waals surface area contributed by atoms with Gasteiger partial charge in [-0.2, -0.15) is 5.10 Å². The number of thiazole rings is 1. The fourth-order valence-electron chi connectivity index (χ4n) is 2.23. The molecule has 0 bridgehead atoms. The fraction of sp³-hybridized carbons (Fsp3) is 0.562. The lowest BCUT2D eigenvalue weighted by Crippen LogP contribution is -2.25. The lowest BCUT2D eigenvalue weighted by Gasteiger charge is -2.13. The maximum atomic E-state index is 12.3. The Kier molecular flexibility index (Phi) is 3.80. The van der Waals surface area contributed by atoms with Gasteiger partial charge in [0.25, 0.3) is 5.91 Å². The van der Waals surface area contributed by atoms with Crippen molar-refractivity contribution in [3.8, 4) is 0 Å². The Balaban J connectivity index is 1.65. The van der Waals surface area contributed by atoms with Gasteiger partial charge in [0, 0.05) is 23.8 Å². The zero-order valence-corrected chi connectivity index (χ0v) is 14.3. The molecule has 1 N–H and O–H groups in total. The molecule has 2 aromatic rings. The highest BCUT2D eigenvalue weighted by atomic mass is 32.1. The second-order valence-corrected chi connectivity index (χ2v) is 7.81. The van der Waals surface area contributed by atoms with E-state index in [-0.39, 0.29) is 11.3 Å². The summed E-state index contributed by atoms with van der Waals surface area (Å²) >= 11 is 1.70. The van der Waals surface area contributed by atoms with E-state index in [1.807, 2.05) is 11.4 Å². The van der Waals surface area contributed by atoms with Gasteiger partial charge in [-0.25, -0.2) is 4.98 Å². The topological polar surface area (TPSA) is 59.8 Å². The summed E-state index contributed by atoms with van der Waals surface area (Å²) in [6, 6.07) is 1.87. The summed E-state index contributed by atoms with van der Waals surface area (Å²) in [7, 11) is 1.80. The monoisotopic (exact) mass is 318 g/mol. The first-order chi connectivity index (χ1) is 10.3.